The smallest absolute Gasteiger partial charge is 0.145 e. The molecular weight excluding hydrogens is 190 g/mol. The lowest BCUT2D eigenvalue weighted by Gasteiger charge is -2.12. The minimum Gasteiger partial charge on any atom is -0.491 e. The van der Waals surface area contributed by atoms with Crippen molar-refractivity contribution >= 4 is 5.69 Å². The van der Waals surface area contributed by atoms with Gasteiger partial charge in [-0.05, 0) is 43.9 Å². The highest BCUT2D eigenvalue weighted by molar-refractivity contribution is 5.58. The van der Waals surface area contributed by atoms with Gasteiger partial charge in [0.25, 0.3) is 0 Å². The molecule has 1 rings (SSSR count). The van der Waals surface area contributed by atoms with Crippen molar-refractivity contribution in [1.29, 1.82) is 0 Å². The Hall–Kier alpha value is -1.22. The third kappa shape index (κ3) is 3.44. The molecule has 0 saturated heterocycles. The van der Waals surface area contributed by atoms with E-state index in [1.807, 2.05) is 19.9 Å². The van der Waals surface area contributed by atoms with Crippen LogP contribution in [0.1, 0.15) is 24.0 Å². The van der Waals surface area contributed by atoms with E-state index in [1.54, 1.807) is 0 Å². The quantitative estimate of drug-likeness (QED) is 0.576. The summed E-state index contributed by atoms with van der Waals surface area (Å²) in [7, 11) is 0. The Morgan fingerprint density at radius 1 is 1.27 bits per heavy atom. The van der Waals surface area contributed by atoms with E-state index >= 15 is 0 Å². The summed E-state index contributed by atoms with van der Waals surface area (Å²) in [6, 6.07) is 3.96. The third-order valence-electron chi connectivity index (χ3n) is 2.25. The molecule has 0 aliphatic carbocycles. The zero-order chi connectivity index (χ0) is 11.3. The molecule has 3 heteroatoms. The number of hydrogen-bond acceptors (Lipinski definition) is 3. The first kappa shape index (κ1) is 11.9. The molecule has 0 heterocycles. The number of aliphatic hydroxyl groups excluding tert-OH is 1. The van der Waals surface area contributed by atoms with Crippen molar-refractivity contribution in [3.05, 3.63) is 23.3 Å². The van der Waals surface area contributed by atoms with Gasteiger partial charge in [0, 0.05) is 6.61 Å². The molecule has 0 amide bonds. The number of unbranched alkanes of at least 4 members (excludes halogenated alkanes) is 1. The summed E-state index contributed by atoms with van der Waals surface area (Å²) in [4.78, 5) is 0. The lowest BCUT2D eigenvalue weighted by molar-refractivity contribution is 0.253. The molecule has 0 aliphatic rings. The molecule has 0 atom stereocenters. The Morgan fingerprint density at radius 3 is 2.60 bits per heavy atom. The molecule has 84 valence electrons. The highest BCUT2D eigenvalue weighted by Gasteiger charge is 2.05. The lowest BCUT2D eigenvalue weighted by Crippen LogP contribution is -2.03. The standard InChI is InChI=1S/C12H19NO2/c1-9-7-10(2)12(11(13)8-9)15-6-4-3-5-14/h7-8,14H,3-6,13H2,1-2H3. The van der Waals surface area contributed by atoms with E-state index in [0.717, 1.165) is 29.7 Å². The van der Waals surface area contributed by atoms with Crippen LogP contribution in [0.3, 0.4) is 0 Å². The van der Waals surface area contributed by atoms with Gasteiger partial charge in [0.05, 0.1) is 12.3 Å². The van der Waals surface area contributed by atoms with E-state index in [9.17, 15) is 0 Å². The molecule has 0 fully saturated rings. The maximum atomic E-state index is 8.63. The molecule has 1 aromatic carbocycles. The van der Waals surface area contributed by atoms with Crippen LogP contribution >= 0.6 is 0 Å². The second-order valence-electron chi connectivity index (χ2n) is 3.78. The fourth-order valence-electron chi connectivity index (χ4n) is 1.57. The van der Waals surface area contributed by atoms with Crippen LogP contribution < -0.4 is 10.5 Å². The summed E-state index contributed by atoms with van der Waals surface area (Å²) >= 11 is 0. The number of ether oxygens (including phenoxy) is 1. The van der Waals surface area contributed by atoms with E-state index in [4.69, 9.17) is 15.6 Å². The zero-order valence-electron chi connectivity index (χ0n) is 9.42. The zero-order valence-corrected chi connectivity index (χ0v) is 9.42. The summed E-state index contributed by atoms with van der Waals surface area (Å²) in [6.45, 7) is 4.82. The predicted octanol–water partition coefficient (Wildman–Crippen LogP) is 2.04. The number of nitrogen functional groups attached to an aromatic ring is 1. The van der Waals surface area contributed by atoms with E-state index in [1.165, 1.54) is 0 Å². The molecule has 0 aromatic heterocycles. The molecule has 0 spiro atoms. The average Bonchev–Trinajstić information content (AvgIpc) is 2.15. The van der Waals surface area contributed by atoms with Gasteiger partial charge < -0.3 is 15.6 Å². The lowest BCUT2D eigenvalue weighted by atomic mass is 10.1. The molecule has 3 N–H and O–H groups in total. The normalized spacial score (nSPS) is 10.3. The van der Waals surface area contributed by atoms with Gasteiger partial charge in [0.2, 0.25) is 0 Å². The number of anilines is 1. The van der Waals surface area contributed by atoms with Crippen molar-refractivity contribution in [3.8, 4) is 5.75 Å². The second-order valence-corrected chi connectivity index (χ2v) is 3.78. The first-order chi connectivity index (χ1) is 7.15. The summed E-state index contributed by atoms with van der Waals surface area (Å²) in [5, 5.41) is 8.63. The summed E-state index contributed by atoms with van der Waals surface area (Å²) in [6.07, 6.45) is 1.62. The van der Waals surface area contributed by atoms with Gasteiger partial charge in [-0.2, -0.15) is 0 Å². The minimum absolute atomic E-state index is 0.214. The average molecular weight is 209 g/mol. The van der Waals surface area contributed by atoms with Gasteiger partial charge in [0.15, 0.2) is 0 Å². The first-order valence-electron chi connectivity index (χ1n) is 5.25. The predicted molar refractivity (Wildman–Crippen MR) is 62.1 cm³/mol. The Kier molecular flexibility index (Phi) is 4.43. The van der Waals surface area contributed by atoms with Crippen LogP contribution in [-0.2, 0) is 0 Å². The van der Waals surface area contributed by atoms with Crippen LogP contribution in [0.4, 0.5) is 5.69 Å². The number of aryl methyl sites for hydroxylation is 2. The molecule has 0 aliphatic heterocycles. The van der Waals surface area contributed by atoms with Crippen molar-refractivity contribution in [3.63, 3.8) is 0 Å². The number of hydrogen-bond donors (Lipinski definition) is 2. The molecule has 0 unspecified atom stereocenters. The molecule has 15 heavy (non-hydrogen) atoms. The van der Waals surface area contributed by atoms with Crippen LogP contribution in [0.15, 0.2) is 12.1 Å². The fourth-order valence-corrected chi connectivity index (χ4v) is 1.57. The second kappa shape index (κ2) is 5.61. The van der Waals surface area contributed by atoms with Gasteiger partial charge in [-0.15, -0.1) is 0 Å². The number of aliphatic hydroxyl groups is 1. The van der Waals surface area contributed by atoms with Gasteiger partial charge in [-0.3, -0.25) is 0 Å². The molecule has 0 saturated carbocycles. The summed E-state index contributed by atoms with van der Waals surface area (Å²) in [5.41, 5.74) is 8.77. The minimum atomic E-state index is 0.214. The number of rotatable bonds is 5. The molecule has 0 bridgehead atoms. The Balaban J connectivity index is 2.60. The van der Waals surface area contributed by atoms with E-state index in [0.29, 0.717) is 12.3 Å². The van der Waals surface area contributed by atoms with E-state index in [2.05, 4.69) is 6.07 Å². The van der Waals surface area contributed by atoms with Crippen molar-refractivity contribution in [2.24, 2.45) is 0 Å². The highest BCUT2D eigenvalue weighted by atomic mass is 16.5. The number of nitrogens with two attached hydrogens (primary N) is 1. The topological polar surface area (TPSA) is 55.5 Å². The largest absolute Gasteiger partial charge is 0.491 e. The monoisotopic (exact) mass is 209 g/mol. The van der Waals surface area contributed by atoms with Crippen molar-refractivity contribution in [2.45, 2.75) is 26.7 Å². The molecular formula is C12H19NO2. The fraction of sp³-hybridized carbons (Fsp3) is 0.500. The van der Waals surface area contributed by atoms with E-state index < -0.39 is 0 Å². The van der Waals surface area contributed by atoms with Gasteiger partial charge in [0.1, 0.15) is 5.75 Å². The molecule has 1 aromatic rings. The van der Waals surface area contributed by atoms with Crippen LogP contribution in [0, 0.1) is 13.8 Å². The summed E-state index contributed by atoms with van der Waals surface area (Å²) in [5.74, 6) is 0.776. The first-order valence-corrected chi connectivity index (χ1v) is 5.25. The Labute approximate surface area is 90.9 Å². The van der Waals surface area contributed by atoms with Gasteiger partial charge in [-0.1, -0.05) is 6.07 Å². The van der Waals surface area contributed by atoms with Crippen LogP contribution in [0.25, 0.3) is 0 Å². The summed E-state index contributed by atoms with van der Waals surface area (Å²) < 4.78 is 5.59. The van der Waals surface area contributed by atoms with Crippen molar-refractivity contribution in [1.82, 2.24) is 0 Å². The maximum Gasteiger partial charge on any atom is 0.145 e. The van der Waals surface area contributed by atoms with Crippen LogP contribution in [0.2, 0.25) is 0 Å². The third-order valence-corrected chi connectivity index (χ3v) is 2.25. The van der Waals surface area contributed by atoms with Crippen molar-refractivity contribution < 1.29 is 9.84 Å². The van der Waals surface area contributed by atoms with Gasteiger partial charge >= 0.3 is 0 Å². The van der Waals surface area contributed by atoms with Crippen molar-refractivity contribution in [2.75, 3.05) is 18.9 Å². The Bertz CT molecular complexity index is 300. The van der Waals surface area contributed by atoms with E-state index in [-0.39, 0.29) is 6.61 Å². The van der Waals surface area contributed by atoms with Crippen LogP contribution in [0.5, 0.6) is 5.75 Å². The van der Waals surface area contributed by atoms with Gasteiger partial charge in [-0.25, -0.2) is 0 Å². The number of benzene rings is 1. The molecule has 3 nitrogen and oxygen atoms in total. The maximum absolute atomic E-state index is 8.63. The van der Waals surface area contributed by atoms with Crippen LogP contribution in [-0.4, -0.2) is 18.3 Å². The molecule has 0 radical (unpaired) electrons. The SMILES string of the molecule is Cc1cc(C)c(OCCCCO)c(N)c1. The highest BCUT2D eigenvalue weighted by Crippen LogP contribution is 2.27. The Morgan fingerprint density at radius 2 is 2.00 bits per heavy atom.